The van der Waals surface area contributed by atoms with Gasteiger partial charge in [-0.05, 0) is 118 Å². The molecule has 0 saturated heterocycles. The summed E-state index contributed by atoms with van der Waals surface area (Å²) >= 11 is 0. The van der Waals surface area contributed by atoms with Gasteiger partial charge >= 0.3 is 12.1 Å². The lowest BCUT2D eigenvalue weighted by atomic mass is 9.41. The highest BCUT2D eigenvalue weighted by molar-refractivity contribution is 5.67. The van der Waals surface area contributed by atoms with Crippen LogP contribution in [-0.4, -0.2) is 40.5 Å². The Morgan fingerprint density at radius 1 is 1.00 bits per heavy atom. The number of carbonyl (C=O) groups excluding carboxylic acids is 1. The lowest BCUT2D eigenvalue weighted by Gasteiger charge is -2.65. The van der Waals surface area contributed by atoms with Gasteiger partial charge in [-0.2, -0.15) is 0 Å². The van der Waals surface area contributed by atoms with E-state index in [1.165, 1.54) is 6.42 Å². The van der Waals surface area contributed by atoms with Crippen molar-refractivity contribution in [2.45, 2.75) is 124 Å². The maximum absolute atomic E-state index is 13.0. The van der Waals surface area contributed by atoms with Crippen LogP contribution in [0.25, 0.3) is 0 Å². The number of amides is 1. The molecule has 4 aliphatic carbocycles. The second-order valence-electron chi connectivity index (χ2n) is 13.7. The third kappa shape index (κ3) is 4.80. The van der Waals surface area contributed by atoms with Crippen LogP contribution in [0, 0.1) is 52.3 Å². The first-order chi connectivity index (χ1) is 16.9. The molecule has 1 amide bonds. The van der Waals surface area contributed by atoms with Crippen molar-refractivity contribution in [2.24, 2.45) is 52.3 Å². The minimum atomic E-state index is -0.702. The lowest BCUT2D eigenvalue weighted by molar-refractivity contribution is -0.203. The van der Waals surface area contributed by atoms with Crippen LogP contribution >= 0.6 is 0 Å². The Hall–Kier alpha value is -1.30. The maximum Gasteiger partial charge on any atom is 0.407 e. The molecule has 0 heterocycles. The van der Waals surface area contributed by atoms with Crippen molar-refractivity contribution in [2.75, 3.05) is 0 Å². The van der Waals surface area contributed by atoms with Gasteiger partial charge in [0.05, 0.1) is 6.10 Å². The number of hydrogen-bond donors (Lipinski definition) is 3. The second kappa shape index (κ2) is 10.5. The Bertz CT molecular complexity index is 815. The Labute approximate surface area is 218 Å². The monoisotopic (exact) mass is 505 g/mol. The average molecular weight is 506 g/mol. The number of carboxylic acid groups (broad SMARTS) is 1. The largest absolute Gasteiger partial charge is 0.481 e. The Morgan fingerprint density at radius 2 is 1.67 bits per heavy atom. The topological polar surface area (TPSA) is 95.9 Å². The Kier molecular flexibility index (Phi) is 8.05. The number of carbonyl (C=O) groups is 2. The zero-order valence-corrected chi connectivity index (χ0v) is 23.5. The van der Waals surface area contributed by atoms with E-state index in [9.17, 15) is 19.8 Å². The number of hydrogen-bond acceptors (Lipinski definition) is 4. The van der Waals surface area contributed by atoms with Gasteiger partial charge < -0.3 is 20.3 Å². The molecular formula is C30H51NO5. The molecule has 4 aliphatic rings. The molecule has 0 spiro atoms. The normalized spacial score (nSPS) is 44.8. The van der Waals surface area contributed by atoms with Gasteiger partial charge in [0.25, 0.3) is 0 Å². The Balaban J connectivity index is 1.69. The van der Waals surface area contributed by atoms with Gasteiger partial charge in [-0.15, -0.1) is 0 Å². The zero-order chi connectivity index (χ0) is 26.4. The molecule has 0 aliphatic heterocycles. The summed E-state index contributed by atoms with van der Waals surface area (Å²) in [5.74, 6) is 2.16. The van der Waals surface area contributed by atoms with Crippen LogP contribution in [0.1, 0.15) is 106 Å². The van der Waals surface area contributed by atoms with Crippen molar-refractivity contribution >= 4 is 12.1 Å². The number of fused-ring (bicyclic) bond motifs is 5. The third-order valence-corrected chi connectivity index (χ3v) is 11.6. The quantitative estimate of drug-likeness (QED) is 0.380. The number of aliphatic hydroxyl groups excluding tert-OH is 1. The minimum Gasteiger partial charge on any atom is -0.481 e. The molecule has 4 fully saturated rings. The molecule has 11 atom stereocenters. The van der Waals surface area contributed by atoms with Gasteiger partial charge in [0.15, 0.2) is 0 Å². The molecule has 0 unspecified atom stereocenters. The van der Waals surface area contributed by atoms with Gasteiger partial charge in [0, 0.05) is 18.4 Å². The molecule has 4 saturated carbocycles. The lowest BCUT2D eigenvalue weighted by Crippen LogP contribution is -2.63. The predicted molar refractivity (Wildman–Crippen MR) is 140 cm³/mol. The molecule has 36 heavy (non-hydrogen) atoms. The van der Waals surface area contributed by atoms with Gasteiger partial charge in [-0.25, -0.2) is 4.79 Å². The summed E-state index contributed by atoms with van der Waals surface area (Å²) in [4.78, 5) is 24.3. The number of nitrogens with one attached hydrogen (secondary N) is 1. The van der Waals surface area contributed by atoms with E-state index in [4.69, 9.17) is 4.74 Å². The standard InChI is InChI=1S/C30H51NO5/c1-7-20-24-16-19(32)12-14-30(24,6)23-13-15-29(5)21(18(4)8-11-25(33)34)9-10-22(29)26(23)27(20)36-28(35)31-17(2)3/h17-24,26-27,32H,7-16H2,1-6H3,(H,31,35)(H,33,34)/t18-,19-,20-,21-,22+,23+,24+,26+,27-,29-,30-/m1/s1. The molecule has 206 valence electrons. The van der Waals surface area contributed by atoms with E-state index in [1.807, 2.05) is 13.8 Å². The molecule has 0 bridgehead atoms. The highest BCUT2D eigenvalue weighted by atomic mass is 16.6. The molecule has 0 aromatic heterocycles. The summed E-state index contributed by atoms with van der Waals surface area (Å²) in [5.41, 5.74) is 0.332. The van der Waals surface area contributed by atoms with Crippen LogP contribution < -0.4 is 5.32 Å². The molecule has 3 N–H and O–H groups in total. The van der Waals surface area contributed by atoms with Gasteiger partial charge in [0.2, 0.25) is 0 Å². The van der Waals surface area contributed by atoms with Crippen molar-refractivity contribution in [3.05, 3.63) is 0 Å². The number of carboxylic acids is 1. The van der Waals surface area contributed by atoms with Crippen molar-refractivity contribution in [1.82, 2.24) is 5.32 Å². The molecule has 0 aromatic rings. The van der Waals surface area contributed by atoms with E-state index in [0.717, 1.165) is 51.4 Å². The van der Waals surface area contributed by atoms with Crippen LogP contribution in [0.5, 0.6) is 0 Å². The summed E-state index contributed by atoms with van der Waals surface area (Å²) in [6, 6.07) is 0.0290. The average Bonchev–Trinajstić information content (AvgIpc) is 3.15. The SMILES string of the molecule is CC[C@H]1[C@@H](OC(=O)NC(C)C)[C@@H]2[C@H](CC[C@]3(C)[C@@H]([C@H](C)CCC(=O)O)CC[C@@H]23)[C@@]2(C)CC[C@@H](O)C[C@@H]12. The number of aliphatic carboxylic acids is 1. The zero-order valence-electron chi connectivity index (χ0n) is 23.5. The van der Waals surface area contributed by atoms with E-state index in [-0.39, 0.29) is 47.5 Å². The summed E-state index contributed by atoms with van der Waals surface area (Å²) in [6.07, 6.45) is 8.62. The van der Waals surface area contributed by atoms with Gasteiger partial charge in [-0.1, -0.05) is 27.7 Å². The van der Waals surface area contributed by atoms with Crippen LogP contribution in [0.3, 0.4) is 0 Å². The smallest absolute Gasteiger partial charge is 0.407 e. The molecule has 0 radical (unpaired) electrons. The second-order valence-corrected chi connectivity index (χ2v) is 13.7. The first kappa shape index (κ1) is 27.7. The van der Waals surface area contributed by atoms with Crippen molar-refractivity contribution in [3.63, 3.8) is 0 Å². The highest BCUT2D eigenvalue weighted by Gasteiger charge is 2.66. The maximum atomic E-state index is 13.0. The summed E-state index contributed by atoms with van der Waals surface area (Å²) < 4.78 is 6.42. The minimum absolute atomic E-state index is 0.0290. The van der Waals surface area contributed by atoms with E-state index >= 15 is 0 Å². The molecule has 6 nitrogen and oxygen atoms in total. The number of alkyl carbamates (subject to hydrolysis) is 1. The van der Waals surface area contributed by atoms with Crippen molar-refractivity contribution in [1.29, 1.82) is 0 Å². The summed E-state index contributed by atoms with van der Waals surface area (Å²) in [6.45, 7) is 13.4. The van der Waals surface area contributed by atoms with E-state index < -0.39 is 5.97 Å². The molecule has 6 heteroatoms. The summed E-state index contributed by atoms with van der Waals surface area (Å²) in [7, 11) is 0. The van der Waals surface area contributed by atoms with E-state index in [2.05, 4.69) is 33.0 Å². The Morgan fingerprint density at radius 3 is 2.31 bits per heavy atom. The fourth-order valence-corrected chi connectivity index (χ4v) is 10.0. The molecule has 0 aromatic carbocycles. The molecule has 4 rings (SSSR count). The van der Waals surface area contributed by atoms with Gasteiger partial charge in [-0.3, -0.25) is 4.79 Å². The third-order valence-electron chi connectivity index (χ3n) is 11.6. The number of aliphatic hydroxyl groups is 1. The van der Waals surface area contributed by atoms with Crippen LogP contribution in [0.15, 0.2) is 0 Å². The van der Waals surface area contributed by atoms with Crippen LogP contribution in [-0.2, 0) is 9.53 Å². The fraction of sp³-hybridized carbons (Fsp3) is 0.933. The van der Waals surface area contributed by atoms with Crippen LogP contribution in [0.4, 0.5) is 4.79 Å². The first-order valence-electron chi connectivity index (χ1n) is 14.8. The van der Waals surface area contributed by atoms with Crippen molar-refractivity contribution < 1.29 is 24.5 Å². The highest BCUT2D eigenvalue weighted by Crippen LogP contribution is 2.70. The fourth-order valence-electron chi connectivity index (χ4n) is 10.0. The van der Waals surface area contributed by atoms with Crippen molar-refractivity contribution in [3.8, 4) is 0 Å². The summed E-state index contributed by atoms with van der Waals surface area (Å²) in [5, 5.41) is 22.9. The van der Waals surface area contributed by atoms with E-state index in [0.29, 0.717) is 35.5 Å². The number of ether oxygens (including phenoxy) is 1. The number of rotatable bonds is 7. The first-order valence-corrected chi connectivity index (χ1v) is 14.8. The molecular weight excluding hydrogens is 454 g/mol. The van der Waals surface area contributed by atoms with E-state index in [1.54, 1.807) is 0 Å². The van der Waals surface area contributed by atoms with Crippen LogP contribution in [0.2, 0.25) is 0 Å². The van der Waals surface area contributed by atoms with Gasteiger partial charge in [0.1, 0.15) is 6.10 Å². The predicted octanol–water partition coefficient (Wildman–Crippen LogP) is 6.26.